The van der Waals surface area contributed by atoms with Gasteiger partial charge < -0.3 is 10.1 Å². The molecule has 1 N–H and O–H groups in total. The number of amides is 1. The van der Waals surface area contributed by atoms with Crippen LogP contribution >= 0.6 is 11.6 Å². The van der Waals surface area contributed by atoms with Crippen LogP contribution in [0.1, 0.15) is 31.5 Å². The highest BCUT2D eigenvalue weighted by atomic mass is 35.5. The van der Waals surface area contributed by atoms with Crippen LogP contribution in [0.2, 0.25) is 5.02 Å². The summed E-state index contributed by atoms with van der Waals surface area (Å²) in [5.41, 5.74) is 0.143. The zero-order chi connectivity index (χ0) is 20.4. The number of nitrogens with zero attached hydrogens (tertiary/aromatic N) is 3. The molecule has 2 aromatic rings. The molecule has 2 saturated carbocycles. The van der Waals surface area contributed by atoms with E-state index in [0.29, 0.717) is 41.9 Å². The standard InChI is InChI=1S/C21H21ClN4O3/c22-16-5-3-15(4-6-16)17-9-20(28)26(10-19(27)25-21(13-23)7-8-21)18(24-17)12-29-11-14-1-2-14/h3-6,9,14H,1-2,7-8,10-12H2,(H,25,27). The lowest BCUT2D eigenvalue weighted by Gasteiger charge is -2.15. The number of nitriles is 1. The molecular weight excluding hydrogens is 392 g/mol. The molecule has 7 nitrogen and oxygen atoms in total. The Labute approximate surface area is 173 Å². The number of ether oxygens (including phenoxy) is 1. The molecule has 0 aliphatic heterocycles. The van der Waals surface area contributed by atoms with Gasteiger partial charge in [-0.25, -0.2) is 4.98 Å². The first-order chi connectivity index (χ1) is 14.0. The number of benzene rings is 1. The van der Waals surface area contributed by atoms with E-state index in [1.165, 1.54) is 10.6 Å². The number of carbonyl (C=O) groups excluding carboxylic acids is 1. The van der Waals surface area contributed by atoms with E-state index in [9.17, 15) is 9.59 Å². The van der Waals surface area contributed by atoms with Gasteiger partial charge >= 0.3 is 0 Å². The van der Waals surface area contributed by atoms with Crippen LogP contribution < -0.4 is 10.9 Å². The second-order valence-electron chi connectivity index (χ2n) is 7.69. The fraction of sp³-hybridized carbons (Fsp3) is 0.429. The summed E-state index contributed by atoms with van der Waals surface area (Å²) in [7, 11) is 0. The van der Waals surface area contributed by atoms with Gasteiger partial charge in [0.1, 0.15) is 24.5 Å². The summed E-state index contributed by atoms with van der Waals surface area (Å²) in [6, 6.07) is 10.6. The molecule has 0 unspecified atom stereocenters. The van der Waals surface area contributed by atoms with Gasteiger partial charge in [0.05, 0.1) is 11.8 Å². The van der Waals surface area contributed by atoms with Crippen molar-refractivity contribution in [2.24, 2.45) is 5.92 Å². The fourth-order valence-electron chi connectivity index (χ4n) is 3.04. The molecule has 0 spiro atoms. The van der Waals surface area contributed by atoms with Crippen molar-refractivity contribution in [3.8, 4) is 17.3 Å². The van der Waals surface area contributed by atoms with Crippen molar-refractivity contribution >= 4 is 17.5 Å². The van der Waals surface area contributed by atoms with Gasteiger partial charge in [-0.1, -0.05) is 23.7 Å². The molecule has 8 heteroatoms. The zero-order valence-electron chi connectivity index (χ0n) is 15.9. The van der Waals surface area contributed by atoms with E-state index >= 15 is 0 Å². The van der Waals surface area contributed by atoms with E-state index in [-0.39, 0.29) is 24.6 Å². The third-order valence-electron chi connectivity index (χ3n) is 5.15. The number of halogens is 1. The highest BCUT2D eigenvalue weighted by Crippen LogP contribution is 2.34. The van der Waals surface area contributed by atoms with Gasteiger partial charge in [0.15, 0.2) is 0 Å². The van der Waals surface area contributed by atoms with E-state index < -0.39 is 5.54 Å². The number of rotatable bonds is 8. The van der Waals surface area contributed by atoms with Gasteiger partial charge in [0.25, 0.3) is 5.56 Å². The minimum atomic E-state index is -0.778. The molecule has 2 aliphatic carbocycles. The monoisotopic (exact) mass is 412 g/mol. The first-order valence-electron chi connectivity index (χ1n) is 9.65. The molecule has 1 amide bonds. The Bertz CT molecular complexity index is 1020. The molecule has 2 aliphatic rings. The third-order valence-corrected chi connectivity index (χ3v) is 5.41. The van der Waals surface area contributed by atoms with Crippen molar-refractivity contribution in [1.29, 1.82) is 5.26 Å². The van der Waals surface area contributed by atoms with Crippen LogP contribution in [-0.4, -0.2) is 27.6 Å². The second-order valence-corrected chi connectivity index (χ2v) is 8.13. The van der Waals surface area contributed by atoms with Crippen molar-refractivity contribution < 1.29 is 9.53 Å². The topological polar surface area (TPSA) is 97.0 Å². The fourth-order valence-corrected chi connectivity index (χ4v) is 3.17. The molecule has 150 valence electrons. The van der Waals surface area contributed by atoms with Crippen molar-refractivity contribution in [3.63, 3.8) is 0 Å². The zero-order valence-corrected chi connectivity index (χ0v) is 16.6. The van der Waals surface area contributed by atoms with Crippen molar-refractivity contribution in [2.75, 3.05) is 6.61 Å². The maximum absolute atomic E-state index is 12.8. The molecular formula is C21H21ClN4O3. The maximum atomic E-state index is 12.8. The molecule has 0 radical (unpaired) electrons. The largest absolute Gasteiger partial charge is 0.373 e. The van der Waals surface area contributed by atoms with Crippen LogP contribution in [0.3, 0.4) is 0 Å². The summed E-state index contributed by atoms with van der Waals surface area (Å²) in [5.74, 6) is 0.582. The summed E-state index contributed by atoms with van der Waals surface area (Å²) >= 11 is 5.94. The Morgan fingerprint density at radius 1 is 1.34 bits per heavy atom. The van der Waals surface area contributed by atoms with Gasteiger partial charge in [0.2, 0.25) is 5.91 Å². The van der Waals surface area contributed by atoms with Crippen molar-refractivity contribution in [1.82, 2.24) is 14.9 Å². The Hall–Kier alpha value is -2.69. The quantitative estimate of drug-likeness (QED) is 0.718. The van der Waals surface area contributed by atoms with Crippen LogP contribution in [0.4, 0.5) is 0 Å². The van der Waals surface area contributed by atoms with Crippen LogP contribution in [0, 0.1) is 17.2 Å². The Morgan fingerprint density at radius 2 is 2.07 bits per heavy atom. The Morgan fingerprint density at radius 3 is 2.69 bits per heavy atom. The SMILES string of the molecule is N#CC1(NC(=O)Cn2c(COCC3CC3)nc(-c3ccc(Cl)cc3)cc2=O)CC1. The normalized spacial score (nSPS) is 16.8. The first-order valence-corrected chi connectivity index (χ1v) is 10.0. The van der Waals surface area contributed by atoms with Gasteiger partial charge in [0, 0.05) is 23.3 Å². The molecule has 1 aromatic heterocycles. The van der Waals surface area contributed by atoms with E-state index in [1.807, 2.05) is 0 Å². The summed E-state index contributed by atoms with van der Waals surface area (Å²) < 4.78 is 7.05. The van der Waals surface area contributed by atoms with Crippen LogP contribution in [-0.2, 0) is 22.7 Å². The van der Waals surface area contributed by atoms with E-state index in [2.05, 4.69) is 16.4 Å². The number of nitrogens with one attached hydrogen (secondary N) is 1. The number of aromatic nitrogens is 2. The molecule has 29 heavy (non-hydrogen) atoms. The highest BCUT2D eigenvalue weighted by Gasteiger charge is 2.44. The van der Waals surface area contributed by atoms with E-state index in [1.54, 1.807) is 24.3 Å². The van der Waals surface area contributed by atoms with Crippen LogP contribution in [0.25, 0.3) is 11.3 Å². The smallest absolute Gasteiger partial charge is 0.254 e. The van der Waals surface area contributed by atoms with Gasteiger partial charge in [-0.3, -0.25) is 14.2 Å². The summed E-state index contributed by atoms with van der Waals surface area (Å²) in [4.78, 5) is 29.8. The second kappa shape index (κ2) is 7.97. The Balaban J connectivity index is 1.59. The lowest BCUT2D eigenvalue weighted by molar-refractivity contribution is -0.122. The van der Waals surface area contributed by atoms with E-state index in [0.717, 1.165) is 18.4 Å². The minimum absolute atomic E-state index is 0.143. The van der Waals surface area contributed by atoms with E-state index in [4.69, 9.17) is 21.6 Å². The number of hydrogen-bond donors (Lipinski definition) is 1. The van der Waals surface area contributed by atoms with Crippen LogP contribution in [0.15, 0.2) is 35.1 Å². The summed E-state index contributed by atoms with van der Waals surface area (Å²) in [5, 5.41) is 12.5. The summed E-state index contributed by atoms with van der Waals surface area (Å²) in [6.45, 7) is 0.562. The predicted molar refractivity (Wildman–Crippen MR) is 107 cm³/mol. The predicted octanol–water partition coefficient (Wildman–Crippen LogP) is 2.66. The van der Waals surface area contributed by atoms with Crippen molar-refractivity contribution in [2.45, 2.75) is 44.4 Å². The number of carbonyl (C=O) groups is 1. The average Bonchev–Trinajstić information content (AvgIpc) is 3.62. The van der Waals surface area contributed by atoms with Crippen LogP contribution in [0.5, 0.6) is 0 Å². The average molecular weight is 413 g/mol. The molecule has 1 aromatic carbocycles. The third kappa shape index (κ3) is 4.84. The van der Waals surface area contributed by atoms with Gasteiger partial charge in [-0.05, 0) is 43.7 Å². The molecule has 0 saturated heterocycles. The lowest BCUT2D eigenvalue weighted by Crippen LogP contribution is -2.40. The summed E-state index contributed by atoms with van der Waals surface area (Å²) in [6.07, 6.45) is 3.58. The van der Waals surface area contributed by atoms with Gasteiger partial charge in [-0.15, -0.1) is 0 Å². The highest BCUT2D eigenvalue weighted by molar-refractivity contribution is 6.30. The first kappa shape index (κ1) is 19.6. The number of hydrogen-bond acceptors (Lipinski definition) is 5. The molecule has 0 atom stereocenters. The molecule has 1 heterocycles. The van der Waals surface area contributed by atoms with Gasteiger partial charge in [-0.2, -0.15) is 5.26 Å². The Kier molecular flexibility index (Phi) is 5.39. The molecule has 0 bridgehead atoms. The molecule has 2 fully saturated rings. The lowest BCUT2D eigenvalue weighted by atomic mass is 10.1. The molecule has 4 rings (SSSR count). The maximum Gasteiger partial charge on any atom is 0.254 e. The van der Waals surface area contributed by atoms with Crippen molar-refractivity contribution in [3.05, 3.63) is 51.5 Å². The minimum Gasteiger partial charge on any atom is -0.373 e.